The summed E-state index contributed by atoms with van der Waals surface area (Å²) in [5, 5.41) is 2.24. The van der Waals surface area contributed by atoms with Crippen molar-refractivity contribution in [3.8, 4) is 79.5 Å². The van der Waals surface area contributed by atoms with Crippen LogP contribution in [0.2, 0.25) is 0 Å². The summed E-state index contributed by atoms with van der Waals surface area (Å²) in [4.78, 5) is 30.1. The zero-order valence-corrected chi connectivity index (χ0v) is 30.2. The van der Waals surface area contributed by atoms with Crippen LogP contribution in [0.3, 0.4) is 0 Å². The number of benzene rings is 7. The van der Waals surface area contributed by atoms with Crippen LogP contribution < -0.4 is 0 Å². The average Bonchev–Trinajstić information content (AvgIpc) is 3.66. The topological polar surface area (TPSA) is 77.3 Å². The van der Waals surface area contributed by atoms with E-state index in [-0.39, 0.29) is 0 Å². The Morgan fingerprint density at radius 2 is 0.655 bits per heavy atom. The zero-order valence-electron chi connectivity index (χ0n) is 29.4. The third kappa shape index (κ3) is 6.33. The third-order valence-electron chi connectivity index (χ3n) is 9.61. The quantitative estimate of drug-likeness (QED) is 0.163. The van der Waals surface area contributed by atoms with E-state index in [0.29, 0.717) is 34.9 Å². The maximum Gasteiger partial charge on any atom is 0.165 e. The number of nitrogens with zero attached hydrogens (tertiary/aromatic N) is 6. The molecular weight excluding hydrogens is 693 g/mol. The van der Waals surface area contributed by atoms with Crippen LogP contribution in [0.5, 0.6) is 0 Å². The third-order valence-corrected chi connectivity index (χ3v) is 10.8. The first-order valence-corrected chi connectivity index (χ1v) is 18.9. The van der Waals surface area contributed by atoms with Crippen LogP contribution in [0.15, 0.2) is 182 Å². The molecule has 0 fully saturated rings. The molecule has 0 radical (unpaired) electrons. The predicted octanol–water partition coefficient (Wildman–Crippen LogP) is 12.1. The van der Waals surface area contributed by atoms with Gasteiger partial charge in [0.05, 0.1) is 0 Å². The summed E-state index contributed by atoms with van der Waals surface area (Å²) < 4.78 is 2.26. The highest BCUT2D eigenvalue weighted by Gasteiger charge is 2.18. The molecular formula is C48H30N6S. The summed E-state index contributed by atoms with van der Waals surface area (Å²) in [6.45, 7) is 0. The van der Waals surface area contributed by atoms with Gasteiger partial charge in [0.15, 0.2) is 34.9 Å². The summed E-state index contributed by atoms with van der Waals surface area (Å²) in [6, 6.07) is 61.8. The van der Waals surface area contributed by atoms with E-state index in [1.54, 1.807) is 11.3 Å². The molecule has 7 heteroatoms. The SMILES string of the molecule is c1ccc(-c2ccc(-c3nc(-c4ccccc4)nc(-c4ccc5sc6c(-c7nc(-c8ccccc8)nc(-c8ccccc8)n7)cccc6c5c4)n3)cc2)cc1. The lowest BCUT2D eigenvalue weighted by Crippen LogP contribution is -2.00. The van der Waals surface area contributed by atoms with Crippen molar-refractivity contribution >= 4 is 31.5 Å². The van der Waals surface area contributed by atoms with E-state index >= 15 is 0 Å². The highest BCUT2D eigenvalue weighted by atomic mass is 32.1. The Hall–Kier alpha value is -7.22. The van der Waals surface area contributed by atoms with Crippen LogP contribution in [0.1, 0.15) is 0 Å². The summed E-state index contributed by atoms with van der Waals surface area (Å²) in [7, 11) is 0. The Morgan fingerprint density at radius 1 is 0.273 bits per heavy atom. The molecule has 0 bridgehead atoms. The second-order valence-corrected chi connectivity index (χ2v) is 14.2. The second kappa shape index (κ2) is 14.0. The van der Waals surface area contributed by atoms with Crippen LogP contribution in [-0.2, 0) is 0 Å². The lowest BCUT2D eigenvalue weighted by molar-refractivity contribution is 1.07. The number of hydrogen-bond acceptors (Lipinski definition) is 7. The van der Waals surface area contributed by atoms with Crippen molar-refractivity contribution in [1.29, 1.82) is 0 Å². The molecule has 10 rings (SSSR count). The first-order chi connectivity index (χ1) is 27.2. The monoisotopic (exact) mass is 722 g/mol. The lowest BCUT2D eigenvalue weighted by Gasteiger charge is -2.09. The molecule has 55 heavy (non-hydrogen) atoms. The van der Waals surface area contributed by atoms with Crippen molar-refractivity contribution in [2.24, 2.45) is 0 Å². The Morgan fingerprint density at radius 3 is 1.16 bits per heavy atom. The molecule has 0 spiro atoms. The summed E-state index contributed by atoms with van der Waals surface area (Å²) in [5.41, 5.74) is 7.92. The molecule has 0 saturated heterocycles. The maximum absolute atomic E-state index is 5.07. The molecule has 3 heterocycles. The molecule has 10 aromatic rings. The fourth-order valence-corrected chi connectivity index (χ4v) is 8.03. The van der Waals surface area contributed by atoms with E-state index in [9.17, 15) is 0 Å². The largest absolute Gasteiger partial charge is 0.208 e. The van der Waals surface area contributed by atoms with Crippen LogP contribution in [0.25, 0.3) is 99.6 Å². The van der Waals surface area contributed by atoms with Crippen molar-refractivity contribution < 1.29 is 0 Å². The highest BCUT2D eigenvalue weighted by Crippen LogP contribution is 2.41. The summed E-state index contributed by atoms with van der Waals surface area (Å²) >= 11 is 1.74. The first kappa shape index (κ1) is 32.4. The molecule has 3 aromatic heterocycles. The minimum atomic E-state index is 0.617. The second-order valence-electron chi connectivity index (χ2n) is 13.1. The predicted molar refractivity (Wildman–Crippen MR) is 224 cm³/mol. The van der Waals surface area contributed by atoms with E-state index in [1.165, 1.54) is 5.56 Å². The molecule has 0 aliphatic carbocycles. The minimum Gasteiger partial charge on any atom is -0.208 e. The van der Waals surface area contributed by atoms with Crippen LogP contribution in [0, 0.1) is 0 Å². The van der Waals surface area contributed by atoms with Gasteiger partial charge in [-0.15, -0.1) is 11.3 Å². The van der Waals surface area contributed by atoms with Gasteiger partial charge in [0.1, 0.15) is 0 Å². The fourth-order valence-electron chi connectivity index (χ4n) is 6.84. The van der Waals surface area contributed by atoms with Crippen molar-refractivity contribution in [3.63, 3.8) is 0 Å². The number of rotatable bonds is 7. The molecule has 0 aliphatic rings. The van der Waals surface area contributed by atoms with Gasteiger partial charge in [0.25, 0.3) is 0 Å². The molecule has 0 aliphatic heterocycles. The van der Waals surface area contributed by atoms with Gasteiger partial charge in [0.2, 0.25) is 0 Å². The van der Waals surface area contributed by atoms with Crippen molar-refractivity contribution in [2.45, 2.75) is 0 Å². The van der Waals surface area contributed by atoms with Crippen molar-refractivity contribution in [3.05, 3.63) is 182 Å². The molecule has 0 amide bonds. The maximum atomic E-state index is 5.07. The number of thiophene rings is 1. The van der Waals surface area contributed by atoms with E-state index in [1.807, 2.05) is 97.1 Å². The standard InChI is InChI=1S/C48H30N6S/c1-5-14-31(15-6-1)32-24-26-36(27-25-32)46-49-43(33-16-7-2-8-17-33)51-47(52-46)37-28-29-41-40(30-37)38-22-13-23-39(42(38)55-41)48-53-44(34-18-9-3-10-19-34)50-45(54-48)35-20-11-4-12-21-35/h1-30H. The van der Waals surface area contributed by atoms with Gasteiger partial charge in [-0.1, -0.05) is 158 Å². The summed E-state index contributed by atoms with van der Waals surface area (Å²) in [6.07, 6.45) is 0. The smallest absolute Gasteiger partial charge is 0.165 e. The van der Waals surface area contributed by atoms with Crippen LogP contribution in [0.4, 0.5) is 0 Å². The Bertz CT molecular complexity index is 2890. The van der Waals surface area contributed by atoms with Crippen molar-refractivity contribution in [1.82, 2.24) is 29.9 Å². The molecule has 6 nitrogen and oxygen atoms in total. The minimum absolute atomic E-state index is 0.617. The van der Waals surface area contributed by atoms with E-state index < -0.39 is 0 Å². The Kier molecular flexibility index (Phi) is 8.24. The highest BCUT2D eigenvalue weighted by molar-refractivity contribution is 7.26. The molecule has 258 valence electrons. The van der Waals surface area contributed by atoms with Gasteiger partial charge in [-0.2, -0.15) is 0 Å². The molecule has 0 saturated carbocycles. The number of hydrogen-bond donors (Lipinski definition) is 0. The van der Waals surface area contributed by atoms with E-state index in [2.05, 4.69) is 84.9 Å². The van der Waals surface area contributed by atoms with Gasteiger partial charge in [-0.05, 0) is 35.4 Å². The lowest BCUT2D eigenvalue weighted by atomic mass is 10.0. The molecule has 7 aromatic carbocycles. The number of fused-ring (bicyclic) bond motifs is 3. The van der Waals surface area contributed by atoms with Crippen LogP contribution in [-0.4, -0.2) is 29.9 Å². The van der Waals surface area contributed by atoms with Crippen molar-refractivity contribution in [2.75, 3.05) is 0 Å². The van der Waals surface area contributed by atoms with Crippen LogP contribution >= 0.6 is 11.3 Å². The zero-order chi connectivity index (χ0) is 36.6. The van der Waals surface area contributed by atoms with Gasteiger partial charge >= 0.3 is 0 Å². The average molecular weight is 723 g/mol. The number of aromatic nitrogens is 6. The fraction of sp³-hybridized carbons (Fsp3) is 0. The van der Waals surface area contributed by atoms with Gasteiger partial charge in [-0.25, -0.2) is 29.9 Å². The molecule has 0 unspecified atom stereocenters. The van der Waals surface area contributed by atoms with E-state index in [0.717, 1.165) is 59.1 Å². The Labute approximate surface area is 321 Å². The van der Waals surface area contributed by atoms with E-state index in [4.69, 9.17) is 29.9 Å². The normalized spacial score (nSPS) is 11.3. The molecule has 0 atom stereocenters. The van der Waals surface area contributed by atoms with Gasteiger partial charge < -0.3 is 0 Å². The molecule has 0 N–H and O–H groups in total. The van der Waals surface area contributed by atoms with Gasteiger partial charge in [0, 0.05) is 53.6 Å². The van der Waals surface area contributed by atoms with Gasteiger partial charge in [-0.3, -0.25) is 0 Å². The summed E-state index contributed by atoms with van der Waals surface area (Å²) in [5.74, 6) is 3.78. The first-order valence-electron chi connectivity index (χ1n) is 18.0. The Balaban J connectivity index is 1.10.